The van der Waals surface area contributed by atoms with E-state index in [1.807, 2.05) is 6.92 Å². The molecule has 0 fully saturated rings. The number of methoxy groups -OCH3 is 1. The fraction of sp³-hybridized carbons (Fsp3) is 0.222. The maximum atomic E-state index is 11.9. The predicted octanol–water partition coefficient (Wildman–Crippen LogP) is 5.04. The van der Waals surface area contributed by atoms with Gasteiger partial charge in [-0.1, -0.05) is 40.0 Å². The van der Waals surface area contributed by atoms with Gasteiger partial charge in [0.05, 0.1) is 35.7 Å². The summed E-state index contributed by atoms with van der Waals surface area (Å²) in [7, 11) is 1.55. The third-order valence-electron chi connectivity index (χ3n) is 3.23. The van der Waals surface area contributed by atoms with Crippen molar-refractivity contribution in [2.24, 2.45) is 5.16 Å². The number of ether oxygens (including phenoxy) is 2. The smallest absolute Gasteiger partial charge is 0.265 e. The first-order valence-electron chi connectivity index (χ1n) is 7.85. The van der Waals surface area contributed by atoms with Gasteiger partial charge in [-0.3, -0.25) is 4.79 Å². The number of carbonyl (C=O) groups is 1. The molecule has 0 saturated carbocycles. The first-order chi connectivity index (χ1) is 12.9. The Morgan fingerprint density at radius 2 is 1.85 bits per heavy atom. The fourth-order valence-electron chi connectivity index (χ4n) is 2.07. The molecule has 2 aromatic rings. The van der Waals surface area contributed by atoms with Crippen molar-refractivity contribution in [1.82, 2.24) is 0 Å². The van der Waals surface area contributed by atoms with Gasteiger partial charge in [-0.2, -0.15) is 0 Å². The molecule has 6 nitrogen and oxygen atoms in total. The van der Waals surface area contributed by atoms with E-state index < -0.39 is 5.91 Å². The maximum absolute atomic E-state index is 11.9. The third kappa shape index (κ3) is 6.20. The molecule has 0 atom stereocenters. The molecule has 9 heteroatoms. The Morgan fingerprint density at radius 3 is 2.48 bits per heavy atom. The van der Waals surface area contributed by atoms with E-state index >= 15 is 0 Å². The maximum Gasteiger partial charge on any atom is 0.265 e. The number of amides is 1. The summed E-state index contributed by atoms with van der Waals surface area (Å²) in [6.07, 6.45) is 1.45. The summed E-state index contributed by atoms with van der Waals surface area (Å²) in [6, 6.07) is 8.24. The van der Waals surface area contributed by atoms with Gasteiger partial charge in [0, 0.05) is 10.6 Å². The number of hydrogen-bond donors (Lipinski definition) is 1. The zero-order valence-corrected chi connectivity index (χ0v) is 16.9. The number of benzene rings is 2. The van der Waals surface area contributed by atoms with Crippen LogP contribution in [0.15, 0.2) is 35.5 Å². The van der Waals surface area contributed by atoms with Gasteiger partial charge in [0.15, 0.2) is 18.1 Å². The molecule has 0 aliphatic heterocycles. The van der Waals surface area contributed by atoms with Crippen LogP contribution < -0.4 is 14.8 Å². The second-order valence-electron chi connectivity index (χ2n) is 5.14. The number of oxime groups is 1. The molecule has 144 valence electrons. The standard InChI is InChI=1S/C18H17Cl3N2O4/c1-3-26-15-5-4-11(6-16(15)25-2)9-22-27-10-17(24)23-18-13(20)7-12(19)8-14(18)21/h4-9H,3,10H2,1-2H3,(H,23,24)/b22-9+. The molecule has 0 bridgehead atoms. The largest absolute Gasteiger partial charge is 0.493 e. The molecule has 0 radical (unpaired) electrons. The summed E-state index contributed by atoms with van der Waals surface area (Å²) in [5, 5.41) is 7.14. The Kier molecular flexibility index (Phi) is 8.03. The van der Waals surface area contributed by atoms with E-state index in [9.17, 15) is 4.79 Å². The number of halogens is 3. The highest BCUT2D eigenvalue weighted by molar-refractivity contribution is 6.42. The minimum atomic E-state index is -0.470. The zero-order valence-electron chi connectivity index (χ0n) is 14.6. The predicted molar refractivity (Wildman–Crippen MR) is 108 cm³/mol. The molecule has 1 amide bonds. The molecule has 0 aliphatic carbocycles. The van der Waals surface area contributed by atoms with Gasteiger partial charge < -0.3 is 19.6 Å². The number of hydrogen-bond acceptors (Lipinski definition) is 5. The highest BCUT2D eigenvalue weighted by atomic mass is 35.5. The SMILES string of the molecule is CCOc1ccc(/C=N/OCC(=O)Nc2c(Cl)cc(Cl)cc2Cl)cc1OC. The Hall–Kier alpha value is -2.15. The molecule has 1 N–H and O–H groups in total. The van der Waals surface area contributed by atoms with Crippen LogP contribution in [0.5, 0.6) is 11.5 Å². The van der Waals surface area contributed by atoms with Crippen LogP contribution >= 0.6 is 34.8 Å². The van der Waals surface area contributed by atoms with Gasteiger partial charge in [-0.15, -0.1) is 0 Å². The summed E-state index contributed by atoms with van der Waals surface area (Å²) >= 11 is 17.8. The average Bonchev–Trinajstić information content (AvgIpc) is 2.63. The van der Waals surface area contributed by atoms with Crippen molar-refractivity contribution in [3.8, 4) is 11.5 Å². The van der Waals surface area contributed by atoms with Crippen LogP contribution in [0, 0.1) is 0 Å². The molecule has 0 spiro atoms. The Bertz CT molecular complexity index is 820. The van der Waals surface area contributed by atoms with Crippen molar-refractivity contribution < 1.29 is 19.1 Å². The van der Waals surface area contributed by atoms with Crippen molar-refractivity contribution in [2.75, 3.05) is 25.6 Å². The monoisotopic (exact) mass is 430 g/mol. The quantitative estimate of drug-likeness (QED) is 0.469. The van der Waals surface area contributed by atoms with E-state index in [0.717, 1.165) is 5.56 Å². The number of carbonyl (C=O) groups excluding carboxylic acids is 1. The van der Waals surface area contributed by atoms with Crippen LogP contribution in [-0.2, 0) is 9.63 Å². The number of nitrogens with one attached hydrogen (secondary N) is 1. The van der Waals surface area contributed by atoms with Crippen LogP contribution in [0.3, 0.4) is 0 Å². The van der Waals surface area contributed by atoms with Crippen molar-refractivity contribution >= 4 is 52.6 Å². The summed E-state index contributed by atoms with van der Waals surface area (Å²) in [6.45, 7) is 2.10. The van der Waals surface area contributed by atoms with Gasteiger partial charge in [0.25, 0.3) is 5.91 Å². The topological polar surface area (TPSA) is 69.2 Å². The summed E-state index contributed by atoms with van der Waals surface area (Å²) in [4.78, 5) is 16.9. The van der Waals surface area contributed by atoms with Gasteiger partial charge in [0.2, 0.25) is 0 Å². The second kappa shape index (κ2) is 10.3. The van der Waals surface area contributed by atoms with Crippen molar-refractivity contribution in [2.45, 2.75) is 6.92 Å². The Labute approximate surface area is 171 Å². The molecule has 27 heavy (non-hydrogen) atoms. The van der Waals surface area contributed by atoms with Gasteiger partial charge in [-0.25, -0.2) is 0 Å². The van der Waals surface area contributed by atoms with Gasteiger partial charge >= 0.3 is 0 Å². The lowest BCUT2D eigenvalue weighted by Gasteiger charge is -2.09. The lowest BCUT2D eigenvalue weighted by atomic mass is 10.2. The van der Waals surface area contributed by atoms with E-state index in [1.54, 1.807) is 25.3 Å². The molecular weight excluding hydrogens is 415 g/mol. The second-order valence-corrected chi connectivity index (χ2v) is 6.39. The van der Waals surface area contributed by atoms with E-state index in [0.29, 0.717) is 23.1 Å². The van der Waals surface area contributed by atoms with E-state index in [-0.39, 0.29) is 22.3 Å². The van der Waals surface area contributed by atoms with E-state index in [2.05, 4.69) is 10.5 Å². The molecule has 2 aromatic carbocycles. The van der Waals surface area contributed by atoms with Crippen molar-refractivity contribution in [3.05, 3.63) is 51.0 Å². The average molecular weight is 432 g/mol. The van der Waals surface area contributed by atoms with Crippen molar-refractivity contribution in [3.63, 3.8) is 0 Å². The van der Waals surface area contributed by atoms with Crippen molar-refractivity contribution in [1.29, 1.82) is 0 Å². The fourth-order valence-corrected chi connectivity index (χ4v) is 2.98. The van der Waals surface area contributed by atoms with Gasteiger partial charge in [0.1, 0.15) is 0 Å². The third-order valence-corrected chi connectivity index (χ3v) is 4.05. The van der Waals surface area contributed by atoms with Crippen LogP contribution in [0.1, 0.15) is 12.5 Å². The first-order valence-corrected chi connectivity index (χ1v) is 8.98. The molecular formula is C18H17Cl3N2O4. The lowest BCUT2D eigenvalue weighted by molar-refractivity contribution is -0.120. The summed E-state index contributed by atoms with van der Waals surface area (Å²) in [5.41, 5.74) is 0.982. The van der Waals surface area contributed by atoms with Crippen LogP contribution in [0.4, 0.5) is 5.69 Å². The molecule has 0 unspecified atom stereocenters. The zero-order chi connectivity index (χ0) is 19.8. The highest BCUT2D eigenvalue weighted by Crippen LogP contribution is 2.33. The Balaban J connectivity index is 1.91. The summed E-state index contributed by atoms with van der Waals surface area (Å²) in [5.74, 6) is 0.738. The number of nitrogens with zero attached hydrogens (tertiary/aromatic N) is 1. The molecule has 0 aromatic heterocycles. The highest BCUT2D eigenvalue weighted by Gasteiger charge is 2.11. The minimum absolute atomic E-state index is 0.228. The molecule has 0 heterocycles. The number of anilines is 1. The number of rotatable bonds is 8. The van der Waals surface area contributed by atoms with Gasteiger partial charge in [-0.05, 0) is 37.3 Å². The minimum Gasteiger partial charge on any atom is -0.493 e. The lowest BCUT2D eigenvalue weighted by Crippen LogP contribution is -2.17. The molecule has 0 aliphatic rings. The molecule has 2 rings (SSSR count). The molecule has 0 saturated heterocycles. The van der Waals surface area contributed by atoms with E-state index in [4.69, 9.17) is 49.1 Å². The first kappa shape index (κ1) is 21.2. The van der Waals surface area contributed by atoms with Crippen LogP contribution in [0.2, 0.25) is 15.1 Å². The van der Waals surface area contributed by atoms with Crippen LogP contribution in [0.25, 0.3) is 0 Å². The van der Waals surface area contributed by atoms with Crippen LogP contribution in [-0.4, -0.2) is 32.4 Å². The van der Waals surface area contributed by atoms with E-state index in [1.165, 1.54) is 18.3 Å². The summed E-state index contributed by atoms with van der Waals surface area (Å²) < 4.78 is 10.7. The Morgan fingerprint density at radius 1 is 1.15 bits per heavy atom. The normalized spacial score (nSPS) is 10.7.